The van der Waals surface area contributed by atoms with Crippen LogP contribution in [0, 0.1) is 12.8 Å². The van der Waals surface area contributed by atoms with Crippen LogP contribution in [-0.4, -0.2) is 16.4 Å². The molecule has 3 heterocycles. The van der Waals surface area contributed by atoms with Crippen molar-refractivity contribution < 1.29 is 9.15 Å². The molecule has 1 unspecified atom stereocenters. The number of hydrogen-bond donors (Lipinski definition) is 0. The summed E-state index contributed by atoms with van der Waals surface area (Å²) < 4.78 is 12.5. The van der Waals surface area contributed by atoms with Gasteiger partial charge in [0.05, 0.1) is 6.04 Å². The van der Waals surface area contributed by atoms with E-state index >= 15 is 0 Å². The van der Waals surface area contributed by atoms with Gasteiger partial charge >= 0.3 is 0 Å². The van der Waals surface area contributed by atoms with E-state index in [-0.39, 0.29) is 11.8 Å². The Hall–Kier alpha value is -2.23. The van der Waals surface area contributed by atoms with Gasteiger partial charge in [-0.2, -0.15) is 5.10 Å². The zero-order chi connectivity index (χ0) is 17.7. The summed E-state index contributed by atoms with van der Waals surface area (Å²) in [4.78, 5) is 0. The van der Waals surface area contributed by atoms with Gasteiger partial charge in [-0.05, 0) is 43.9 Å². The van der Waals surface area contributed by atoms with Gasteiger partial charge in [0.15, 0.2) is 5.72 Å². The highest BCUT2D eigenvalue weighted by molar-refractivity contribution is 5.99. The van der Waals surface area contributed by atoms with Gasteiger partial charge < -0.3 is 9.15 Å². The number of fused-ring (bicyclic) bond motifs is 4. The molecule has 1 aromatic heterocycles. The number of ether oxygens (including phenoxy) is 1. The average Bonchev–Trinajstić information content (AvgIpc) is 3.30. The zero-order valence-electron chi connectivity index (χ0n) is 15.6. The standard InChI is InChI=1S/C22H26N2O2/c1-3-16-10-12-22(13-11-16)24-19(17-6-4-5-7-20(17)26-22)14-18(23-24)21-9-8-15(2)25-21/h4-9,16,19H,3,10-14H2,1-2H3. The molecule has 2 aliphatic heterocycles. The maximum absolute atomic E-state index is 6.64. The fourth-order valence-corrected chi connectivity index (χ4v) is 4.83. The van der Waals surface area contributed by atoms with Crippen molar-refractivity contribution in [3.8, 4) is 5.75 Å². The molecule has 0 N–H and O–H groups in total. The number of nitrogens with zero attached hydrogens (tertiary/aromatic N) is 2. The number of aryl methyl sites for hydroxylation is 1. The van der Waals surface area contributed by atoms with Gasteiger partial charge in [0.25, 0.3) is 0 Å². The highest BCUT2D eigenvalue weighted by Gasteiger charge is 2.51. The molecule has 0 radical (unpaired) electrons. The second-order valence-electron chi connectivity index (χ2n) is 7.96. The van der Waals surface area contributed by atoms with Gasteiger partial charge in [0, 0.05) is 24.8 Å². The first-order valence-electron chi connectivity index (χ1n) is 9.90. The van der Waals surface area contributed by atoms with Gasteiger partial charge in [-0.1, -0.05) is 31.5 Å². The van der Waals surface area contributed by atoms with Crippen LogP contribution in [0.4, 0.5) is 0 Å². The predicted molar refractivity (Wildman–Crippen MR) is 101 cm³/mol. The summed E-state index contributed by atoms with van der Waals surface area (Å²) in [6.07, 6.45) is 6.66. The number of furan rings is 1. The summed E-state index contributed by atoms with van der Waals surface area (Å²) >= 11 is 0. The molecule has 1 atom stereocenters. The zero-order valence-corrected chi connectivity index (χ0v) is 15.6. The molecule has 3 aliphatic rings. The lowest BCUT2D eigenvalue weighted by Gasteiger charge is -2.50. The second-order valence-corrected chi connectivity index (χ2v) is 7.96. The highest BCUT2D eigenvalue weighted by atomic mass is 16.5. The van der Waals surface area contributed by atoms with Crippen molar-refractivity contribution in [3.63, 3.8) is 0 Å². The molecule has 0 amide bonds. The Balaban J connectivity index is 1.55. The molecular formula is C22H26N2O2. The first-order chi connectivity index (χ1) is 12.7. The lowest BCUT2D eigenvalue weighted by atomic mass is 9.80. The second kappa shape index (κ2) is 5.90. The number of para-hydroxylation sites is 1. The third-order valence-electron chi connectivity index (χ3n) is 6.39. The summed E-state index contributed by atoms with van der Waals surface area (Å²) in [7, 11) is 0. The van der Waals surface area contributed by atoms with Crippen LogP contribution in [-0.2, 0) is 0 Å². The molecule has 4 heteroatoms. The topological polar surface area (TPSA) is 38.0 Å². The molecular weight excluding hydrogens is 324 g/mol. The van der Waals surface area contributed by atoms with Gasteiger partial charge in [0.1, 0.15) is 23.0 Å². The number of hydrogen-bond acceptors (Lipinski definition) is 4. The Morgan fingerprint density at radius 2 is 1.96 bits per heavy atom. The molecule has 136 valence electrons. The van der Waals surface area contributed by atoms with Crippen molar-refractivity contribution in [2.24, 2.45) is 11.0 Å². The monoisotopic (exact) mass is 350 g/mol. The van der Waals surface area contributed by atoms with E-state index in [4.69, 9.17) is 14.3 Å². The summed E-state index contributed by atoms with van der Waals surface area (Å²) in [6.45, 7) is 4.28. The molecule has 5 rings (SSSR count). The number of hydrazone groups is 1. The van der Waals surface area contributed by atoms with Gasteiger partial charge in [-0.3, -0.25) is 0 Å². The van der Waals surface area contributed by atoms with Crippen LogP contribution in [0.15, 0.2) is 45.9 Å². The van der Waals surface area contributed by atoms with Crippen molar-refractivity contribution in [1.82, 2.24) is 5.01 Å². The Kier molecular flexibility index (Phi) is 3.63. The maximum Gasteiger partial charge on any atom is 0.198 e. The molecule has 2 aromatic rings. The number of benzene rings is 1. The molecule has 4 nitrogen and oxygen atoms in total. The van der Waals surface area contributed by atoms with Crippen LogP contribution in [0.5, 0.6) is 5.75 Å². The highest BCUT2D eigenvalue weighted by Crippen LogP contribution is 2.52. The van der Waals surface area contributed by atoms with Crippen molar-refractivity contribution >= 4 is 5.71 Å². The van der Waals surface area contributed by atoms with Crippen LogP contribution in [0.3, 0.4) is 0 Å². The lowest BCUT2D eigenvalue weighted by molar-refractivity contribution is -0.146. The van der Waals surface area contributed by atoms with Crippen molar-refractivity contribution in [3.05, 3.63) is 53.5 Å². The summed E-state index contributed by atoms with van der Waals surface area (Å²) in [6, 6.07) is 12.8. The molecule has 0 bridgehead atoms. The van der Waals surface area contributed by atoms with Gasteiger partial charge in [0.2, 0.25) is 0 Å². The van der Waals surface area contributed by atoms with Crippen molar-refractivity contribution in [2.45, 2.75) is 64.1 Å². The summed E-state index contributed by atoms with van der Waals surface area (Å²) in [5.41, 5.74) is 1.99. The number of rotatable bonds is 2. The van der Waals surface area contributed by atoms with E-state index < -0.39 is 0 Å². The van der Waals surface area contributed by atoms with Crippen LogP contribution < -0.4 is 4.74 Å². The SMILES string of the molecule is CCC1CCC2(CC1)Oc1ccccc1C1CC(c3ccc(C)o3)=NN12. The Labute approximate surface area is 154 Å². The predicted octanol–water partition coefficient (Wildman–Crippen LogP) is 5.43. The smallest absolute Gasteiger partial charge is 0.198 e. The third kappa shape index (κ3) is 2.38. The quantitative estimate of drug-likeness (QED) is 0.725. The third-order valence-corrected chi connectivity index (χ3v) is 6.39. The Bertz CT molecular complexity index is 845. The van der Waals surface area contributed by atoms with Gasteiger partial charge in [-0.15, -0.1) is 0 Å². The average molecular weight is 350 g/mol. The van der Waals surface area contributed by atoms with E-state index in [1.165, 1.54) is 24.8 Å². The molecule has 0 saturated heterocycles. The van der Waals surface area contributed by atoms with Crippen molar-refractivity contribution in [2.75, 3.05) is 0 Å². The van der Waals surface area contributed by atoms with Crippen LogP contribution in [0.25, 0.3) is 0 Å². The molecule has 1 saturated carbocycles. The molecule has 1 aliphatic carbocycles. The lowest BCUT2D eigenvalue weighted by Crippen LogP contribution is -2.55. The fourth-order valence-electron chi connectivity index (χ4n) is 4.83. The largest absolute Gasteiger partial charge is 0.466 e. The summed E-state index contributed by atoms with van der Waals surface area (Å²) in [5, 5.41) is 7.32. The van der Waals surface area contributed by atoms with Crippen LogP contribution in [0.1, 0.15) is 68.6 Å². The molecule has 1 aromatic carbocycles. The minimum Gasteiger partial charge on any atom is -0.466 e. The fraction of sp³-hybridized carbons (Fsp3) is 0.500. The Morgan fingerprint density at radius 1 is 1.15 bits per heavy atom. The van der Waals surface area contributed by atoms with E-state index in [1.807, 2.05) is 19.1 Å². The molecule has 26 heavy (non-hydrogen) atoms. The van der Waals surface area contributed by atoms with E-state index in [9.17, 15) is 0 Å². The van der Waals surface area contributed by atoms with E-state index in [1.54, 1.807) is 0 Å². The van der Waals surface area contributed by atoms with E-state index in [0.717, 1.165) is 48.2 Å². The van der Waals surface area contributed by atoms with Crippen LogP contribution >= 0.6 is 0 Å². The minimum atomic E-state index is -0.298. The molecule has 1 fully saturated rings. The van der Waals surface area contributed by atoms with Crippen LogP contribution in [0.2, 0.25) is 0 Å². The first-order valence-corrected chi connectivity index (χ1v) is 9.90. The van der Waals surface area contributed by atoms with E-state index in [2.05, 4.69) is 36.2 Å². The van der Waals surface area contributed by atoms with E-state index in [0.29, 0.717) is 0 Å². The minimum absolute atomic E-state index is 0.249. The maximum atomic E-state index is 6.64. The van der Waals surface area contributed by atoms with Gasteiger partial charge in [-0.25, -0.2) is 5.01 Å². The van der Waals surface area contributed by atoms with Crippen molar-refractivity contribution in [1.29, 1.82) is 0 Å². The molecule has 1 spiro atoms. The normalized spacial score (nSPS) is 29.9. The summed E-state index contributed by atoms with van der Waals surface area (Å²) in [5.74, 6) is 3.68. The Morgan fingerprint density at radius 3 is 2.69 bits per heavy atom. The first kappa shape index (κ1) is 16.0.